The highest BCUT2D eigenvalue weighted by molar-refractivity contribution is 6.36. The van der Waals surface area contributed by atoms with E-state index in [1.807, 2.05) is 0 Å². The molecule has 0 aliphatic carbocycles. The average molecular weight is 192 g/mol. The number of hydrogen-bond acceptors (Lipinski definition) is 2. The molecule has 60 valence electrons. The summed E-state index contributed by atoms with van der Waals surface area (Å²) in [5.74, 6) is 0.469. The number of rotatable bonds is 1. The van der Waals surface area contributed by atoms with Gasteiger partial charge in [0.15, 0.2) is 5.75 Å². The second kappa shape index (κ2) is 3.20. The summed E-state index contributed by atoms with van der Waals surface area (Å²) >= 11 is 11.4. The lowest BCUT2D eigenvalue weighted by atomic mass is 10.3. The minimum absolute atomic E-state index is 0.428. The van der Waals surface area contributed by atoms with Gasteiger partial charge in [-0.2, -0.15) is 0 Å². The van der Waals surface area contributed by atoms with E-state index in [1.54, 1.807) is 12.1 Å². The summed E-state index contributed by atoms with van der Waals surface area (Å²) in [5, 5.41) is 0.936. The average Bonchev–Trinajstić information content (AvgIpc) is 1.85. The molecule has 0 amide bonds. The number of benzene rings is 1. The van der Waals surface area contributed by atoms with Crippen molar-refractivity contribution in [1.29, 1.82) is 0 Å². The largest absolute Gasteiger partial charge is 0.493 e. The molecular formula is C7H7Cl2NO. The first kappa shape index (κ1) is 8.50. The van der Waals surface area contributed by atoms with E-state index in [0.717, 1.165) is 0 Å². The number of ether oxygens (including phenoxy) is 1. The highest BCUT2D eigenvalue weighted by Gasteiger charge is 2.05. The lowest BCUT2D eigenvalue weighted by Crippen LogP contribution is -1.92. The van der Waals surface area contributed by atoms with E-state index >= 15 is 0 Å². The molecule has 0 unspecified atom stereocenters. The highest BCUT2D eigenvalue weighted by Crippen LogP contribution is 2.33. The Morgan fingerprint density at radius 2 is 2.00 bits per heavy atom. The van der Waals surface area contributed by atoms with Crippen molar-refractivity contribution in [2.75, 3.05) is 12.8 Å². The molecule has 2 N–H and O–H groups in total. The van der Waals surface area contributed by atoms with E-state index < -0.39 is 0 Å². The Labute approximate surface area is 74.9 Å². The van der Waals surface area contributed by atoms with Gasteiger partial charge >= 0.3 is 0 Å². The van der Waals surface area contributed by atoms with Crippen molar-refractivity contribution in [3.63, 3.8) is 0 Å². The molecule has 0 bridgehead atoms. The normalized spacial score (nSPS) is 9.73. The Kier molecular flexibility index (Phi) is 2.47. The van der Waals surface area contributed by atoms with Crippen molar-refractivity contribution < 1.29 is 4.74 Å². The molecule has 1 aromatic carbocycles. The van der Waals surface area contributed by atoms with Crippen LogP contribution in [0, 0.1) is 0 Å². The molecule has 4 heteroatoms. The van der Waals surface area contributed by atoms with Crippen LogP contribution >= 0.6 is 23.2 Å². The Morgan fingerprint density at radius 3 is 2.45 bits per heavy atom. The van der Waals surface area contributed by atoms with Crippen molar-refractivity contribution in [2.24, 2.45) is 0 Å². The summed E-state index contributed by atoms with van der Waals surface area (Å²) in [7, 11) is 1.51. The zero-order valence-electron chi connectivity index (χ0n) is 5.90. The van der Waals surface area contributed by atoms with E-state index in [9.17, 15) is 0 Å². The van der Waals surface area contributed by atoms with E-state index in [2.05, 4.69) is 0 Å². The number of methoxy groups -OCH3 is 1. The molecule has 0 fully saturated rings. The van der Waals surface area contributed by atoms with E-state index in [4.69, 9.17) is 33.7 Å². The fraction of sp³-hybridized carbons (Fsp3) is 0.143. The van der Waals surface area contributed by atoms with Gasteiger partial charge in [-0.15, -0.1) is 0 Å². The Morgan fingerprint density at radius 1 is 1.36 bits per heavy atom. The van der Waals surface area contributed by atoms with E-state index in [1.165, 1.54) is 7.11 Å². The van der Waals surface area contributed by atoms with Gasteiger partial charge in [-0.3, -0.25) is 0 Å². The maximum Gasteiger partial charge on any atom is 0.160 e. The predicted molar refractivity (Wildman–Crippen MR) is 47.4 cm³/mol. The molecule has 0 atom stereocenters. The topological polar surface area (TPSA) is 35.2 Å². The minimum atomic E-state index is 0.428. The second-order valence-electron chi connectivity index (χ2n) is 2.01. The van der Waals surface area contributed by atoms with Crippen LogP contribution in [0.5, 0.6) is 5.75 Å². The van der Waals surface area contributed by atoms with Crippen LogP contribution in [0.1, 0.15) is 0 Å². The van der Waals surface area contributed by atoms with E-state index in [0.29, 0.717) is 21.5 Å². The highest BCUT2D eigenvalue weighted by atomic mass is 35.5. The SMILES string of the molecule is COc1c(N)cc(Cl)cc1Cl. The fourth-order valence-electron chi connectivity index (χ4n) is 0.796. The molecule has 1 aromatic rings. The number of anilines is 1. The molecule has 0 aromatic heterocycles. The van der Waals surface area contributed by atoms with Crippen LogP contribution in [0.2, 0.25) is 10.0 Å². The number of nitrogens with two attached hydrogens (primary N) is 1. The van der Waals surface area contributed by atoms with Crippen LogP contribution in [0.4, 0.5) is 5.69 Å². The van der Waals surface area contributed by atoms with Gasteiger partial charge in [-0.05, 0) is 12.1 Å². The number of nitrogen functional groups attached to an aromatic ring is 1. The Balaban J connectivity index is 3.25. The van der Waals surface area contributed by atoms with Gasteiger partial charge in [0.2, 0.25) is 0 Å². The van der Waals surface area contributed by atoms with Crippen LogP contribution in [0.15, 0.2) is 12.1 Å². The third-order valence-electron chi connectivity index (χ3n) is 1.24. The van der Waals surface area contributed by atoms with Gasteiger partial charge in [0.25, 0.3) is 0 Å². The quantitative estimate of drug-likeness (QED) is 0.694. The van der Waals surface area contributed by atoms with Crippen molar-refractivity contribution >= 4 is 28.9 Å². The maximum atomic E-state index is 5.75. The van der Waals surface area contributed by atoms with Gasteiger partial charge in [0.1, 0.15) is 0 Å². The van der Waals surface area contributed by atoms with Crippen molar-refractivity contribution in [3.05, 3.63) is 22.2 Å². The van der Waals surface area contributed by atoms with Gasteiger partial charge < -0.3 is 10.5 Å². The van der Waals surface area contributed by atoms with Gasteiger partial charge in [-0.25, -0.2) is 0 Å². The van der Waals surface area contributed by atoms with E-state index in [-0.39, 0.29) is 0 Å². The Bertz CT molecular complexity index is 252. The lowest BCUT2D eigenvalue weighted by molar-refractivity contribution is 0.417. The molecule has 0 saturated carbocycles. The number of hydrogen-bond donors (Lipinski definition) is 1. The monoisotopic (exact) mass is 191 g/mol. The third kappa shape index (κ3) is 1.70. The summed E-state index contributed by atoms with van der Waals surface area (Å²) in [6.07, 6.45) is 0. The fourth-order valence-corrected chi connectivity index (χ4v) is 1.38. The molecule has 0 saturated heterocycles. The lowest BCUT2D eigenvalue weighted by Gasteiger charge is -2.05. The van der Waals surface area contributed by atoms with Crippen molar-refractivity contribution in [1.82, 2.24) is 0 Å². The number of halogens is 2. The summed E-state index contributed by atoms with van der Waals surface area (Å²) in [4.78, 5) is 0. The minimum Gasteiger partial charge on any atom is -0.493 e. The molecule has 0 spiro atoms. The molecule has 0 radical (unpaired) electrons. The summed E-state index contributed by atoms with van der Waals surface area (Å²) in [6, 6.07) is 3.17. The third-order valence-corrected chi connectivity index (χ3v) is 1.74. The zero-order chi connectivity index (χ0) is 8.43. The molecule has 0 aliphatic rings. The predicted octanol–water partition coefficient (Wildman–Crippen LogP) is 2.58. The second-order valence-corrected chi connectivity index (χ2v) is 2.85. The standard InChI is InChI=1S/C7H7Cl2NO/c1-11-7-5(9)2-4(8)3-6(7)10/h2-3H,10H2,1H3. The first-order chi connectivity index (χ1) is 5.15. The van der Waals surface area contributed by atoms with Crippen molar-refractivity contribution in [3.8, 4) is 5.75 Å². The van der Waals surface area contributed by atoms with Crippen molar-refractivity contribution in [2.45, 2.75) is 0 Å². The van der Waals surface area contributed by atoms with Crippen LogP contribution in [-0.2, 0) is 0 Å². The van der Waals surface area contributed by atoms with Gasteiger partial charge in [0, 0.05) is 5.02 Å². The Hall–Kier alpha value is -0.600. The summed E-state index contributed by atoms with van der Waals surface area (Å²) in [6.45, 7) is 0. The van der Waals surface area contributed by atoms with Crippen LogP contribution < -0.4 is 10.5 Å². The molecule has 1 rings (SSSR count). The van der Waals surface area contributed by atoms with Gasteiger partial charge in [-0.1, -0.05) is 23.2 Å². The molecule has 0 heterocycles. The first-order valence-corrected chi connectivity index (χ1v) is 3.69. The maximum absolute atomic E-state index is 5.75. The molecular weight excluding hydrogens is 185 g/mol. The summed E-state index contributed by atoms with van der Waals surface area (Å²) < 4.78 is 4.92. The molecule has 0 aliphatic heterocycles. The molecule has 2 nitrogen and oxygen atoms in total. The van der Waals surface area contributed by atoms with Crippen LogP contribution in [0.25, 0.3) is 0 Å². The van der Waals surface area contributed by atoms with Crippen LogP contribution in [0.3, 0.4) is 0 Å². The summed E-state index contributed by atoms with van der Waals surface area (Å²) in [5.41, 5.74) is 5.99. The van der Waals surface area contributed by atoms with Crippen LogP contribution in [-0.4, -0.2) is 7.11 Å². The molecule has 11 heavy (non-hydrogen) atoms. The van der Waals surface area contributed by atoms with Gasteiger partial charge in [0.05, 0.1) is 17.8 Å². The smallest absolute Gasteiger partial charge is 0.160 e. The first-order valence-electron chi connectivity index (χ1n) is 2.93. The zero-order valence-corrected chi connectivity index (χ0v) is 7.41.